The van der Waals surface area contributed by atoms with Crippen LogP contribution in [0.3, 0.4) is 0 Å². The van der Waals surface area contributed by atoms with Gasteiger partial charge in [0.2, 0.25) is 0 Å². The van der Waals surface area contributed by atoms with Gasteiger partial charge in [0.05, 0.1) is 10.7 Å². The third-order valence-corrected chi connectivity index (χ3v) is 5.13. The summed E-state index contributed by atoms with van der Waals surface area (Å²) in [5.41, 5.74) is 1.53. The Bertz CT molecular complexity index is 433. The van der Waals surface area contributed by atoms with Crippen molar-refractivity contribution in [2.75, 3.05) is 13.1 Å². The van der Waals surface area contributed by atoms with E-state index in [4.69, 9.17) is 0 Å². The minimum Gasteiger partial charge on any atom is -0.311 e. The van der Waals surface area contributed by atoms with Crippen LogP contribution in [0, 0.1) is 18.3 Å². The molecule has 1 aromatic heterocycles. The second kappa shape index (κ2) is 6.12. The van der Waals surface area contributed by atoms with Crippen LogP contribution in [0.4, 0.5) is 0 Å². The van der Waals surface area contributed by atoms with Crippen LogP contribution in [0.15, 0.2) is 5.38 Å². The predicted octanol–water partition coefficient (Wildman–Crippen LogP) is 3.30. The normalized spacial score (nSPS) is 25.4. The van der Waals surface area contributed by atoms with E-state index in [0.717, 1.165) is 19.6 Å². The standard InChI is InChI=1S/C16H29N3S/c1-11(2)14-7-17-15(16(4,5)6)9-19(14)8-13-10-20-12(3)18-13/h10-11,14-15,17H,7-9H2,1-6H3. The van der Waals surface area contributed by atoms with E-state index in [1.807, 2.05) is 0 Å². The molecular formula is C16H29N3S. The maximum absolute atomic E-state index is 4.64. The molecule has 0 amide bonds. The quantitative estimate of drug-likeness (QED) is 0.927. The highest BCUT2D eigenvalue weighted by Crippen LogP contribution is 2.26. The van der Waals surface area contributed by atoms with Crippen LogP contribution < -0.4 is 5.32 Å². The lowest BCUT2D eigenvalue weighted by molar-refractivity contribution is 0.0564. The summed E-state index contributed by atoms with van der Waals surface area (Å²) in [6, 6.07) is 1.16. The molecule has 1 N–H and O–H groups in total. The van der Waals surface area contributed by atoms with Crippen molar-refractivity contribution in [1.82, 2.24) is 15.2 Å². The zero-order chi connectivity index (χ0) is 14.9. The Kier molecular flexibility index (Phi) is 4.88. The van der Waals surface area contributed by atoms with Crippen molar-refractivity contribution in [3.05, 3.63) is 16.1 Å². The molecule has 2 atom stereocenters. The molecule has 1 aliphatic heterocycles. The van der Waals surface area contributed by atoms with E-state index >= 15 is 0 Å². The van der Waals surface area contributed by atoms with Gasteiger partial charge in [0.25, 0.3) is 0 Å². The lowest BCUT2D eigenvalue weighted by Crippen LogP contribution is -2.61. The van der Waals surface area contributed by atoms with Gasteiger partial charge >= 0.3 is 0 Å². The fourth-order valence-electron chi connectivity index (χ4n) is 2.93. The third-order valence-electron chi connectivity index (χ3n) is 4.31. The molecule has 0 bridgehead atoms. The van der Waals surface area contributed by atoms with Crippen molar-refractivity contribution in [2.45, 2.75) is 60.2 Å². The summed E-state index contributed by atoms with van der Waals surface area (Å²) in [6.45, 7) is 16.9. The van der Waals surface area contributed by atoms with Gasteiger partial charge in [0.1, 0.15) is 0 Å². The fourth-order valence-corrected chi connectivity index (χ4v) is 3.54. The van der Waals surface area contributed by atoms with Crippen molar-refractivity contribution in [2.24, 2.45) is 11.3 Å². The van der Waals surface area contributed by atoms with Crippen LogP contribution in [0.1, 0.15) is 45.3 Å². The Morgan fingerprint density at radius 1 is 1.45 bits per heavy atom. The van der Waals surface area contributed by atoms with E-state index in [-0.39, 0.29) is 0 Å². The Labute approximate surface area is 127 Å². The smallest absolute Gasteiger partial charge is 0.0897 e. The number of rotatable bonds is 3. The summed E-state index contributed by atoms with van der Waals surface area (Å²) < 4.78 is 0. The number of thiazole rings is 1. The molecular weight excluding hydrogens is 266 g/mol. The fraction of sp³-hybridized carbons (Fsp3) is 0.812. The molecule has 114 valence electrons. The van der Waals surface area contributed by atoms with Crippen LogP contribution >= 0.6 is 11.3 Å². The number of nitrogens with zero attached hydrogens (tertiary/aromatic N) is 2. The van der Waals surface area contributed by atoms with E-state index in [1.165, 1.54) is 10.7 Å². The van der Waals surface area contributed by atoms with Gasteiger partial charge in [-0.25, -0.2) is 4.98 Å². The third kappa shape index (κ3) is 3.80. The summed E-state index contributed by atoms with van der Waals surface area (Å²) >= 11 is 1.76. The lowest BCUT2D eigenvalue weighted by Gasteiger charge is -2.46. The Morgan fingerprint density at radius 2 is 2.15 bits per heavy atom. The van der Waals surface area contributed by atoms with Gasteiger partial charge in [-0.1, -0.05) is 34.6 Å². The van der Waals surface area contributed by atoms with Crippen LogP contribution in [0.2, 0.25) is 0 Å². The molecule has 20 heavy (non-hydrogen) atoms. The second-order valence-electron chi connectivity index (χ2n) is 7.43. The van der Waals surface area contributed by atoms with Crippen molar-refractivity contribution in [3.8, 4) is 0 Å². The van der Waals surface area contributed by atoms with Gasteiger partial charge in [-0.3, -0.25) is 4.90 Å². The largest absolute Gasteiger partial charge is 0.311 e. The first-order chi connectivity index (χ1) is 9.27. The van der Waals surface area contributed by atoms with Gasteiger partial charge in [-0.05, 0) is 18.3 Å². The monoisotopic (exact) mass is 295 g/mol. The molecule has 2 rings (SSSR count). The van der Waals surface area contributed by atoms with Gasteiger partial charge in [-0.15, -0.1) is 11.3 Å². The molecule has 1 aromatic rings. The zero-order valence-electron chi connectivity index (χ0n) is 13.7. The van der Waals surface area contributed by atoms with Crippen LogP contribution in [-0.4, -0.2) is 35.1 Å². The summed E-state index contributed by atoms with van der Waals surface area (Å²) in [7, 11) is 0. The maximum Gasteiger partial charge on any atom is 0.0897 e. The average Bonchev–Trinajstić information content (AvgIpc) is 2.73. The Hall–Kier alpha value is -0.450. The second-order valence-corrected chi connectivity index (χ2v) is 8.49. The number of aryl methyl sites for hydroxylation is 1. The molecule has 0 aliphatic carbocycles. The van der Waals surface area contributed by atoms with Crippen LogP contribution in [0.5, 0.6) is 0 Å². The Balaban J connectivity index is 2.10. The van der Waals surface area contributed by atoms with Crippen molar-refractivity contribution in [3.63, 3.8) is 0 Å². The number of hydrogen-bond acceptors (Lipinski definition) is 4. The summed E-state index contributed by atoms with van der Waals surface area (Å²) in [5, 5.41) is 7.13. The molecule has 4 heteroatoms. The molecule has 2 unspecified atom stereocenters. The average molecular weight is 295 g/mol. The Morgan fingerprint density at radius 3 is 2.65 bits per heavy atom. The zero-order valence-corrected chi connectivity index (χ0v) is 14.5. The van der Waals surface area contributed by atoms with E-state index in [9.17, 15) is 0 Å². The van der Waals surface area contributed by atoms with Crippen molar-refractivity contribution < 1.29 is 0 Å². The SMILES string of the molecule is Cc1nc(CN2CC(C(C)(C)C)NCC2C(C)C)cs1. The van der Waals surface area contributed by atoms with E-state index in [0.29, 0.717) is 23.4 Å². The molecule has 0 saturated carbocycles. The first-order valence-electron chi connectivity index (χ1n) is 7.66. The molecule has 0 aromatic carbocycles. The predicted molar refractivity (Wildman–Crippen MR) is 87.1 cm³/mol. The molecule has 0 spiro atoms. The minimum absolute atomic E-state index is 0.304. The van der Waals surface area contributed by atoms with Crippen molar-refractivity contribution >= 4 is 11.3 Å². The number of piperazine rings is 1. The summed E-state index contributed by atoms with van der Waals surface area (Å²) in [5.74, 6) is 0.670. The van der Waals surface area contributed by atoms with E-state index in [2.05, 4.69) is 62.1 Å². The van der Waals surface area contributed by atoms with Gasteiger partial charge in [-0.2, -0.15) is 0 Å². The number of nitrogens with one attached hydrogen (secondary N) is 1. The lowest BCUT2D eigenvalue weighted by atomic mass is 9.83. The molecule has 3 nitrogen and oxygen atoms in total. The molecule has 0 radical (unpaired) electrons. The first kappa shape index (κ1) is 15.9. The topological polar surface area (TPSA) is 28.2 Å². The summed E-state index contributed by atoms with van der Waals surface area (Å²) in [6.07, 6.45) is 0. The van der Waals surface area contributed by atoms with E-state index < -0.39 is 0 Å². The molecule has 1 aliphatic rings. The highest BCUT2D eigenvalue weighted by molar-refractivity contribution is 7.09. The maximum atomic E-state index is 4.64. The molecule has 1 fully saturated rings. The highest BCUT2D eigenvalue weighted by atomic mass is 32.1. The first-order valence-corrected chi connectivity index (χ1v) is 8.54. The van der Waals surface area contributed by atoms with Gasteiger partial charge < -0.3 is 5.32 Å². The van der Waals surface area contributed by atoms with Gasteiger partial charge in [0, 0.05) is 37.1 Å². The van der Waals surface area contributed by atoms with Gasteiger partial charge in [0.15, 0.2) is 0 Å². The van der Waals surface area contributed by atoms with Crippen LogP contribution in [-0.2, 0) is 6.54 Å². The minimum atomic E-state index is 0.304. The molecule has 1 saturated heterocycles. The van der Waals surface area contributed by atoms with E-state index in [1.54, 1.807) is 11.3 Å². The number of hydrogen-bond donors (Lipinski definition) is 1. The highest BCUT2D eigenvalue weighted by Gasteiger charge is 2.35. The molecule has 2 heterocycles. The number of aromatic nitrogens is 1. The van der Waals surface area contributed by atoms with Crippen molar-refractivity contribution in [1.29, 1.82) is 0 Å². The van der Waals surface area contributed by atoms with Crippen LogP contribution in [0.25, 0.3) is 0 Å². The summed E-state index contributed by atoms with van der Waals surface area (Å²) in [4.78, 5) is 7.27.